The van der Waals surface area contributed by atoms with Crippen molar-refractivity contribution < 1.29 is 0 Å². The Bertz CT molecular complexity index is 638. The van der Waals surface area contributed by atoms with Crippen LogP contribution in [0.15, 0.2) is 33.2 Å². The molecule has 0 amide bonds. The monoisotopic (exact) mass is 456 g/mol. The first-order valence-corrected chi connectivity index (χ1v) is 16.9. The molecule has 22 heavy (non-hydrogen) atoms. The molecule has 0 aliphatic heterocycles. The first-order valence-electron chi connectivity index (χ1n) is 7.85. The Morgan fingerprint density at radius 1 is 0.636 bits per heavy atom. The third-order valence-corrected chi connectivity index (χ3v) is 7.97. The van der Waals surface area contributed by atoms with Gasteiger partial charge in [0, 0.05) is 25.1 Å². The van der Waals surface area contributed by atoms with E-state index in [4.69, 9.17) is 0 Å². The van der Waals surface area contributed by atoms with Gasteiger partial charge in [-0.1, -0.05) is 83.3 Å². The number of halogens is 2. The zero-order valence-corrected chi connectivity index (χ0v) is 19.7. The van der Waals surface area contributed by atoms with Crippen molar-refractivity contribution in [2.24, 2.45) is 0 Å². The lowest BCUT2D eigenvalue weighted by molar-refractivity contribution is 1.28. The van der Waals surface area contributed by atoms with Crippen LogP contribution in [-0.4, -0.2) is 16.1 Å². The lowest BCUT2D eigenvalue weighted by Gasteiger charge is -2.19. The van der Waals surface area contributed by atoms with Crippen molar-refractivity contribution in [3.05, 3.63) is 44.3 Å². The van der Waals surface area contributed by atoms with Crippen LogP contribution in [0.1, 0.15) is 11.1 Å². The van der Waals surface area contributed by atoms with E-state index >= 15 is 0 Å². The lowest BCUT2D eigenvalue weighted by Crippen LogP contribution is -2.24. The Morgan fingerprint density at radius 2 is 0.955 bits per heavy atom. The highest BCUT2D eigenvalue weighted by atomic mass is 79.9. The van der Waals surface area contributed by atoms with Gasteiger partial charge in [-0.05, 0) is 46.1 Å². The molecule has 0 saturated heterocycles. The van der Waals surface area contributed by atoms with Crippen LogP contribution < -0.4 is 0 Å². The van der Waals surface area contributed by atoms with Gasteiger partial charge in [0.2, 0.25) is 0 Å². The van der Waals surface area contributed by atoms with E-state index in [9.17, 15) is 0 Å². The molecule has 4 heteroatoms. The molecule has 2 rings (SSSR count). The lowest BCUT2D eigenvalue weighted by atomic mass is 10.1. The highest BCUT2D eigenvalue weighted by molar-refractivity contribution is 9.10. The van der Waals surface area contributed by atoms with E-state index in [-0.39, 0.29) is 0 Å². The number of fused-ring (bicyclic) bond motifs is 1. The van der Waals surface area contributed by atoms with E-state index in [0.29, 0.717) is 0 Å². The maximum Gasteiger partial charge on any atom is 0.0487 e. The first kappa shape index (κ1) is 18.4. The molecule has 0 radical (unpaired) electrons. The van der Waals surface area contributed by atoms with Crippen LogP contribution in [0, 0.1) is 0 Å². The van der Waals surface area contributed by atoms with Gasteiger partial charge in [-0.15, -0.1) is 0 Å². The Morgan fingerprint density at radius 3 is 1.27 bits per heavy atom. The predicted octanol–water partition coefficient (Wildman–Crippen LogP) is 7.20. The quantitative estimate of drug-likeness (QED) is 0.425. The molecule has 0 spiro atoms. The fourth-order valence-corrected chi connectivity index (χ4v) is 7.19. The van der Waals surface area contributed by atoms with E-state index in [1.807, 2.05) is 0 Å². The Kier molecular flexibility index (Phi) is 5.48. The summed E-state index contributed by atoms with van der Waals surface area (Å²) in [5.74, 6) is 0. The van der Waals surface area contributed by atoms with Crippen LogP contribution in [0.5, 0.6) is 0 Å². The van der Waals surface area contributed by atoms with Crippen molar-refractivity contribution in [3.63, 3.8) is 0 Å². The van der Waals surface area contributed by atoms with Crippen molar-refractivity contribution in [2.45, 2.75) is 51.4 Å². The zero-order chi connectivity index (χ0) is 16.7. The Hall–Kier alpha value is 0.0938. The van der Waals surface area contributed by atoms with Gasteiger partial charge in [-0.3, -0.25) is 0 Å². The summed E-state index contributed by atoms with van der Waals surface area (Å²) < 4.78 is 2.51. The average molecular weight is 458 g/mol. The molecule has 0 bridgehead atoms. The van der Waals surface area contributed by atoms with Gasteiger partial charge in [-0.2, -0.15) is 0 Å². The van der Waals surface area contributed by atoms with E-state index < -0.39 is 16.1 Å². The second kappa shape index (κ2) is 6.54. The van der Waals surface area contributed by atoms with Crippen LogP contribution in [0.25, 0.3) is 10.8 Å². The van der Waals surface area contributed by atoms with Crippen LogP contribution in [0.3, 0.4) is 0 Å². The van der Waals surface area contributed by atoms with E-state index in [1.165, 1.54) is 42.9 Å². The molecule has 2 aromatic carbocycles. The van der Waals surface area contributed by atoms with Crippen molar-refractivity contribution >= 4 is 58.8 Å². The summed E-state index contributed by atoms with van der Waals surface area (Å²) in [6.45, 7) is 14.6. The normalized spacial score (nSPS) is 12.9. The molecule has 0 aliphatic rings. The minimum Gasteiger partial charge on any atom is -0.0693 e. The number of hydrogen-bond donors (Lipinski definition) is 0. The van der Waals surface area contributed by atoms with Gasteiger partial charge in [0.25, 0.3) is 0 Å². The molecular weight excluding hydrogens is 432 g/mol. The molecule has 0 saturated carbocycles. The minimum atomic E-state index is -1.11. The molecule has 0 N–H and O–H groups in total. The van der Waals surface area contributed by atoms with Crippen molar-refractivity contribution in [3.8, 4) is 0 Å². The van der Waals surface area contributed by atoms with Crippen LogP contribution >= 0.6 is 31.9 Å². The second-order valence-corrected chi connectivity index (χ2v) is 21.4. The average Bonchev–Trinajstić information content (AvgIpc) is 2.29. The summed E-state index contributed by atoms with van der Waals surface area (Å²) in [6, 6.07) is 11.8. The number of benzene rings is 2. The Labute approximate surface area is 154 Å². The fourth-order valence-electron chi connectivity index (χ4n) is 2.80. The van der Waals surface area contributed by atoms with Crippen LogP contribution in [0.4, 0.5) is 0 Å². The SMILES string of the molecule is C[Si](C)(C)Cc1cc2cc(C[Si](C)(C)C)c(Br)cc2cc1Br. The summed E-state index contributed by atoms with van der Waals surface area (Å²) in [4.78, 5) is 0. The van der Waals surface area contributed by atoms with Crippen LogP contribution in [0.2, 0.25) is 39.3 Å². The van der Waals surface area contributed by atoms with Crippen molar-refractivity contribution in [1.29, 1.82) is 0 Å². The van der Waals surface area contributed by atoms with Crippen molar-refractivity contribution in [1.82, 2.24) is 0 Å². The molecular formula is C18H26Br2Si2. The van der Waals surface area contributed by atoms with Gasteiger partial charge in [0.1, 0.15) is 0 Å². The maximum atomic E-state index is 3.78. The summed E-state index contributed by atoms with van der Waals surface area (Å²) in [5.41, 5.74) is 2.93. The topological polar surface area (TPSA) is 0 Å². The Balaban J connectivity index is 2.52. The van der Waals surface area contributed by atoms with E-state index in [1.54, 1.807) is 0 Å². The number of hydrogen-bond acceptors (Lipinski definition) is 0. The molecule has 0 atom stereocenters. The summed E-state index contributed by atoms with van der Waals surface area (Å²) in [6.07, 6.45) is 0. The minimum absolute atomic E-state index is 1.11. The summed E-state index contributed by atoms with van der Waals surface area (Å²) in [5, 5.41) is 2.70. The molecule has 0 fully saturated rings. The highest BCUT2D eigenvalue weighted by Crippen LogP contribution is 2.32. The third-order valence-electron chi connectivity index (χ3n) is 3.61. The van der Waals surface area contributed by atoms with Crippen molar-refractivity contribution in [2.75, 3.05) is 0 Å². The molecule has 0 nitrogen and oxygen atoms in total. The fraction of sp³-hybridized carbons (Fsp3) is 0.444. The van der Waals surface area contributed by atoms with Gasteiger partial charge in [0.15, 0.2) is 0 Å². The highest BCUT2D eigenvalue weighted by Gasteiger charge is 2.18. The standard InChI is InChI=1S/C18H26Br2Si2/c1-21(2,3)11-15-7-13-8-16(12-22(4,5)6)18(20)10-14(13)9-17(15)19/h7-10H,11-12H2,1-6H3. The van der Waals surface area contributed by atoms with Gasteiger partial charge in [0.05, 0.1) is 0 Å². The predicted molar refractivity (Wildman–Crippen MR) is 113 cm³/mol. The maximum absolute atomic E-state index is 3.78. The molecule has 0 aromatic heterocycles. The van der Waals surface area contributed by atoms with Crippen LogP contribution in [-0.2, 0) is 12.1 Å². The second-order valence-electron chi connectivity index (χ2n) is 8.71. The third kappa shape index (κ3) is 5.05. The smallest absolute Gasteiger partial charge is 0.0487 e. The van der Waals surface area contributed by atoms with E-state index in [2.05, 4.69) is 95.4 Å². The molecule has 2 aromatic rings. The summed E-state index contributed by atoms with van der Waals surface area (Å²) in [7, 11) is -2.22. The molecule has 120 valence electrons. The zero-order valence-electron chi connectivity index (χ0n) is 14.5. The molecule has 0 unspecified atom stereocenters. The first-order chi connectivity index (χ1) is 9.94. The van der Waals surface area contributed by atoms with E-state index in [0.717, 1.165) is 0 Å². The number of rotatable bonds is 4. The van der Waals surface area contributed by atoms with Gasteiger partial charge in [-0.25, -0.2) is 0 Å². The summed E-state index contributed by atoms with van der Waals surface area (Å²) >= 11 is 7.55. The molecule has 0 heterocycles. The molecule has 0 aliphatic carbocycles. The van der Waals surface area contributed by atoms with Gasteiger partial charge >= 0.3 is 0 Å². The van der Waals surface area contributed by atoms with Gasteiger partial charge < -0.3 is 0 Å². The largest absolute Gasteiger partial charge is 0.0693 e.